The van der Waals surface area contributed by atoms with Crippen LogP contribution >= 0.6 is 11.8 Å². The largest absolute Gasteiger partial charge is 0.283 e. The van der Waals surface area contributed by atoms with Crippen LogP contribution in [0.15, 0.2) is 39.9 Å². The quantitative estimate of drug-likeness (QED) is 0.854. The number of fused-ring (bicyclic) bond motifs is 1. The minimum absolute atomic E-state index is 0.00900. The van der Waals surface area contributed by atoms with E-state index < -0.39 is 5.91 Å². The van der Waals surface area contributed by atoms with Crippen molar-refractivity contribution >= 4 is 39.8 Å². The molecule has 5 nitrogen and oxygen atoms in total. The van der Waals surface area contributed by atoms with Crippen LogP contribution in [0.5, 0.6) is 0 Å². The van der Waals surface area contributed by atoms with Crippen molar-refractivity contribution in [2.24, 2.45) is 10.1 Å². The number of hydrogen-bond acceptors (Lipinski definition) is 4. The van der Waals surface area contributed by atoms with Crippen LogP contribution in [0, 0.1) is 11.2 Å². The summed E-state index contributed by atoms with van der Waals surface area (Å²) in [6.45, 7) is 1.95. The number of amidine groups is 2. The third kappa shape index (κ3) is 2.52. The molecule has 0 saturated carbocycles. The zero-order valence-corrected chi connectivity index (χ0v) is 11.9. The molecule has 0 radical (unpaired) electrons. The number of carbonyl (C=O) groups is 1. The summed E-state index contributed by atoms with van der Waals surface area (Å²) in [6, 6.07) is 5.69. The first-order valence-electron chi connectivity index (χ1n) is 6.33. The number of hydrazone groups is 1. The molecule has 0 bridgehead atoms. The first-order chi connectivity index (χ1) is 10.1. The highest BCUT2D eigenvalue weighted by Crippen LogP contribution is 2.29. The summed E-state index contributed by atoms with van der Waals surface area (Å²) in [4.78, 5) is 16.0. The second-order valence-corrected chi connectivity index (χ2v) is 5.46. The van der Waals surface area contributed by atoms with Gasteiger partial charge in [-0.25, -0.2) is 4.39 Å². The number of nitrogens with zero attached hydrogens (tertiary/aromatic N) is 3. The number of halogens is 1. The summed E-state index contributed by atoms with van der Waals surface area (Å²) in [5.74, 6) is -0.837. The average Bonchev–Trinajstić information content (AvgIpc) is 2.88. The highest BCUT2D eigenvalue weighted by atomic mass is 32.2. The Morgan fingerprint density at radius 3 is 2.76 bits per heavy atom. The summed E-state index contributed by atoms with van der Waals surface area (Å²) in [5.41, 5.74) is 0.779. The Kier molecular flexibility index (Phi) is 3.42. The summed E-state index contributed by atoms with van der Waals surface area (Å²) in [7, 11) is 0. The van der Waals surface area contributed by atoms with Crippen LogP contribution in [0.3, 0.4) is 0 Å². The highest BCUT2D eigenvalue weighted by molar-refractivity contribution is 8.26. The third-order valence-corrected chi connectivity index (χ3v) is 4.03. The van der Waals surface area contributed by atoms with E-state index in [-0.39, 0.29) is 17.2 Å². The Morgan fingerprint density at radius 1 is 1.38 bits per heavy atom. The molecule has 1 aromatic carbocycles. The molecule has 0 unspecified atom stereocenters. The maximum Gasteiger partial charge on any atom is 0.283 e. The zero-order chi connectivity index (χ0) is 15.0. The first-order valence-corrected chi connectivity index (χ1v) is 7.15. The van der Waals surface area contributed by atoms with E-state index >= 15 is 0 Å². The average molecular weight is 302 g/mol. The van der Waals surface area contributed by atoms with Crippen LogP contribution in [0.1, 0.15) is 18.9 Å². The van der Waals surface area contributed by atoms with Crippen LogP contribution in [0.25, 0.3) is 6.08 Å². The fourth-order valence-corrected chi connectivity index (χ4v) is 2.72. The number of aliphatic imine (C=N–C) groups is 1. The topological polar surface area (TPSA) is 68.9 Å². The predicted octanol–water partition coefficient (Wildman–Crippen LogP) is 2.85. The van der Waals surface area contributed by atoms with E-state index in [1.54, 1.807) is 12.1 Å². The van der Waals surface area contributed by atoms with Crippen LogP contribution in [-0.2, 0) is 4.79 Å². The van der Waals surface area contributed by atoms with Gasteiger partial charge in [-0.2, -0.15) is 15.1 Å². The number of benzene rings is 1. The predicted molar refractivity (Wildman–Crippen MR) is 81.7 cm³/mol. The molecule has 2 aliphatic heterocycles. The van der Waals surface area contributed by atoms with Gasteiger partial charge in [0.15, 0.2) is 5.84 Å². The van der Waals surface area contributed by atoms with Gasteiger partial charge in [-0.1, -0.05) is 19.1 Å². The van der Waals surface area contributed by atoms with Gasteiger partial charge in [0.25, 0.3) is 5.91 Å². The summed E-state index contributed by atoms with van der Waals surface area (Å²) < 4.78 is 12.9. The Morgan fingerprint density at radius 2 is 2.10 bits per heavy atom. The van der Waals surface area contributed by atoms with E-state index in [9.17, 15) is 9.18 Å². The monoisotopic (exact) mass is 302 g/mol. The summed E-state index contributed by atoms with van der Waals surface area (Å²) in [5, 5.41) is 15.0. The lowest BCUT2D eigenvalue weighted by Gasteiger charge is -2.20. The first kappa shape index (κ1) is 13.7. The Labute approximate surface area is 124 Å². The molecule has 0 spiro atoms. The van der Waals surface area contributed by atoms with Gasteiger partial charge in [0, 0.05) is 0 Å². The van der Waals surface area contributed by atoms with Crippen molar-refractivity contribution in [3.8, 4) is 0 Å². The van der Waals surface area contributed by atoms with Gasteiger partial charge < -0.3 is 0 Å². The van der Waals surface area contributed by atoms with Crippen molar-refractivity contribution in [1.29, 1.82) is 5.41 Å². The Balaban J connectivity index is 1.97. The molecule has 0 aliphatic carbocycles. The lowest BCUT2D eigenvalue weighted by Crippen LogP contribution is -2.35. The third-order valence-electron chi connectivity index (χ3n) is 2.98. The van der Waals surface area contributed by atoms with Crippen LogP contribution in [0.4, 0.5) is 4.39 Å². The minimum atomic E-state index is -0.476. The van der Waals surface area contributed by atoms with Crippen LogP contribution in [0.2, 0.25) is 0 Å². The minimum Gasteiger partial charge on any atom is -0.282 e. The van der Waals surface area contributed by atoms with Gasteiger partial charge in [0.05, 0.1) is 5.57 Å². The number of hydrogen-bond donors (Lipinski definition) is 1. The van der Waals surface area contributed by atoms with Gasteiger partial charge in [0.2, 0.25) is 5.17 Å². The maximum absolute atomic E-state index is 12.9. The number of nitrogens with one attached hydrogen (secondary N) is 1. The van der Waals surface area contributed by atoms with Crippen molar-refractivity contribution < 1.29 is 9.18 Å². The molecule has 3 rings (SSSR count). The van der Waals surface area contributed by atoms with Crippen molar-refractivity contribution in [1.82, 2.24) is 5.01 Å². The normalized spacial score (nSPS) is 19.7. The number of rotatable bonds is 2. The van der Waals surface area contributed by atoms with Crippen LogP contribution in [-0.4, -0.2) is 27.0 Å². The maximum atomic E-state index is 12.9. The molecular weight excluding hydrogens is 291 g/mol. The number of thioether (sulfide) groups is 1. The molecule has 2 heterocycles. The fraction of sp³-hybridized carbons (Fsp3) is 0.143. The zero-order valence-electron chi connectivity index (χ0n) is 11.1. The Hall–Kier alpha value is -2.28. The van der Waals surface area contributed by atoms with Gasteiger partial charge in [-0.15, -0.1) is 0 Å². The second kappa shape index (κ2) is 5.25. The molecular formula is C14H11FN4OS. The van der Waals surface area contributed by atoms with Crippen molar-refractivity contribution in [2.45, 2.75) is 13.3 Å². The lowest BCUT2D eigenvalue weighted by atomic mass is 10.1. The summed E-state index contributed by atoms with van der Waals surface area (Å²) in [6.07, 6.45) is 2.24. The summed E-state index contributed by atoms with van der Waals surface area (Å²) >= 11 is 1.30. The lowest BCUT2D eigenvalue weighted by molar-refractivity contribution is -0.114. The molecule has 2 aliphatic rings. The fourth-order valence-electron chi connectivity index (χ4n) is 1.90. The molecule has 21 heavy (non-hydrogen) atoms. The van der Waals surface area contributed by atoms with E-state index in [1.165, 1.54) is 35.0 Å². The van der Waals surface area contributed by atoms with E-state index in [0.717, 1.165) is 11.5 Å². The molecule has 7 heteroatoms. The van der Waals surface area contributed by atoms with E-state index in [4.69, 9.17) is 5.41 Å². The molecule has 1 N–H and O–H groups in total. The van der Waals surface area contributed by atoms with E-state index in [1.807, 2.05) is 6.92 Å². The highest BCUT2D eigenvalue weighted by Gasteiger charge is 2.34. The van der Waals surface area contributed by atoms with Crippen molar-refractivity contribution in [2.75, 3.05) is 0 Å². The molecule has 106 valence electrons. The number of amides is 1. The number of carbonyl (C=O) groups excluding carboxylic acids is 1. The molecule has 1 aromatic rings. The smallest absolute Gasteiger partial charge is 0.282 e. The molecule has 0 fully saturated rings. The van der Waals surface area contributed by atoms with Crippen molar-refractivity contribution in [3.63, 3.8) is 0 Å². The van der Waals surface area contributed by atoms with Crippen molar-refractivity contribution in [3.05, 3.63) is 41.2 Å². The second-order valence-electron chi connectivity index (χ2n) is 4.42. The van der Waals surface area contributed by atoms with Gasteiger partial charge in [-0.3, -0.25) is 10.2 Å². The molecule has 0 atom stereocenters. The Bertz CT molecular complexity index is 721. The SMILES string of the molecule is CCC1=NN2C(=N)/C(=C/c3ccc(F)cc3)C(=O)N=C2S1. The van der Waals surface area contributed by atoms with Gasteiger partial charge >= 0.3 is 0 Å². The standard InChI is InChI=1S/C14H11FN4OS/c1-2-11-18-19-12(16)10(13(20)17-14(19)21-11)7-8-3-5-9(15)6-4-8/h3-7,16H,2H2,1H3/b10-7-,16-12?. The van der Waals surface area contributed by atoms with Gasteiger partial charge in [-0.05, 0) is 42.0 Å². The molecule has 0 aromatic heterocycles. The molecule has 0 saturated heterocycles. The van der Waals surface area contributed by atoms with Crippen LogP contribution < -0.4 is 0 Å². The van der Waals surface area contributed by atoms with Gasteiger partial charge in [0.1, 0.15) is 10.9 Å². The molecule has 1 amide bonds. The van der Waals surface area contributed by atoms with E-state index in [2.05, 4.69) is 10.1 Å². The van der Waals surface area contributed by atoms with E-state index in [0.29, 0.717) is 10.7 Å².